The fraction of sp³-hybridized carbons (Fsp3) is 0.357. The predicted octanol–water partition coefficient (Wildman–Crippen LogP) is 2.71. The summed E-state index contributed by atoms with van der Waals surface area (Å²) in [5.74, 6) is -0.851. The summed E-state index contributed by atoms with van der Waals surface area (Å²) in [5, 5.41) is 8.94. The van der Waals surface area contributed by atoms with E-state index in [1.54, 1.807) is 12.1 Å². The molecule has 0 fully saturated rings. The lowest BCUT2D eigenvalue weighted by atomic mass is 10.1. The molecule has 0 radical (unpaired) electrons. The second-order valence-corrected chi connectivity index (χ2v) is 4.63. The van der Waals surface area contributed by atoms with Gasteiger partial charge in [0.1, 0.15) is 0 Å². The van der Waals surface area contributed by atoms with Gasteiger partial charge in [-0.15, -0.1) is 0 Å². The van der Waals surface area contributed by atoms with Crippen molar-refractivity contribution in [3.05, 3.63) is 41.0 Å². The van der Waals surface area contributed by atoms with Crippen LogP contribution in [0.4, 0.5) is 5.69 Å². The zero-order valence-corrected chi connectivity index (χ0v) is 10.2. The van der Waals surface area contributed by atoms with E-state index >= 15 is 0 Å². The van der Waals surface area contributed by atoms with Crippen molar-refractivity contribution < 1.29 is 9.90 Å². The van der Waals surface area contributed by atoms with Gasteiger partial charge in [0.05, 0.1) is 5.56 Å². The molecule has 1 aliphatic rings. The standard InChI is InChI=1S/C14H17NO2/c1-10(2)5-7-15-8-6-11-9-12(14(16)17)3-4-13(11)15/h3-5,9H,6-8H2,1-2H3,(H,16,17). The first-order valence-electron chi connectivity index (χ1n) is 5.82. The molecule has 3 nitrogen and oxygen atoms in total. The molecule has 0 saturated heterocycles. The Morgan fingerprint density at radius 1 is 1.47 bits per heavy atom. The summed E-state index contributed by atoms with van der Waals surface area (Å²) >= 11 is 0. The minimum Gasteiger partial charge on any atom is -0.478 e. The number of carbonyl (C=O) groups is 1. The molecule has 0 spiro atoms. The number of fused-ring (bicyclic) bond motifs is 1. The van der Waals surface area contributed by atoms with E-state index in [-0.39, 0.29) is 0 Å². The van der Waals surface area contributed by atoms with Crippen LogP contribution in [0.5, 0.6) is 0 Å². The van der Waals surface area contributed by atoms with E-state index in [9.17, 15) is 4.79 Å². The SMILES string of the molecule is CC(C)=CCN1CCc2cc(C(=O)O)ccc21. The number of hydrogen-bond donors (Lipinski definition) is 1. The van der Waals surface area contributed by atoms with Crippen molar-refractivity contribution in [1.29, 1.82) is 0 Å². The van der Waals surface area contributed by atoms with E-state index in [4.69, 9.17) is 5.11 Å². The molecule has 2 rings (SSSR count). The maximum Gasteiger partial charge on any atom is 0.335 e. The zero-order chi connectivity index (χ0) is 12.4. The Morgan fingerprint density at radius 2 is 2.24 bits per heavy atom. The monoisotopic (exact) mass is 231 g/mol. The number of hydrogen-bond acceptors (Lipinski definition) is 2. The van der Waals surface area contributed by atoms with Crippen molar-refractivity contribution in [3.63, 3.8) is 0 Å². The van der Waals surface area contributed by atoms with Crippen LogP contribution in [0, 0.1) is 0 Å². The van der Waals surface area contributed by atoms with Crippen LogP contribution in [0.2, 0.25) is 0 Å². The smallest absolute Gasteiger partial charge is 0.335 e. The van der Waals surface area contributed by atoms with Crippen LogP contribution in [0.3, 0.4) is 0 Å². The average molecular weight is 231 g/mol. The first-order valence-corrected chi connectivity index (χ1v) is 5.82. The number of anilines is 1. The summed E-state index contributed by atoms with van der Waals surface area (Å²) in [6, 6.07) is 5.40. The highest BCUT2D eigenvalue weighted by Gasteiger charge is 2.19. The third-order valence-electron chi connectivity index (χ3n) is 3.04. The van der Waals surface area contributed by atoms with Gasteiger partial charge in [0.25, 0.3) is 0 Å². The molecule has 0 saturated carbocycles. The van der Waals surface area contributed by atoms with Crippen LogP contribution in [0.15, 0.2) is 29.8 Å². The summed E-state index contributed by atoms with van der Waals surface area (Å²) in [4.78, 5) is 13.2. The lowest BCUT2D eigenvalue weighted by molar-refractivity contribution is 0.0697. The molecule has 1 aliphatic heterocycles. The summed E-state index contributed by atoms with van der Waals surface area (Å²) in [7, 11) is 0. The fourth-order valence-corrected chi connectivity index (χ4v) is 2.09. The topological polar surface area (TPSA) is 40.5 Å². The molecule has 17 heavy (non-hydrogen) atoms. The zero-order valence-electron chi connectivity index (χ0n) is 10.2. The minimum absolute atomic E-state index is 0.382. The van der Waals surface area contributed by atoms with Crippen molar-refractivity contribution >= 4 is 11.7 Å². The van der Waals surface area contributed by atoms with Gasteiger partial charge in [0.15, 0.2) is 0 Å². The Hall–Kier alpha value is -1.77. The molecule has 0 aliphatic carbocycles. The van der Waals surface area contributed by atoms with E-state index in [1.165, 1.54) is 11.3 Å². The van der Waals surface area contributed by atoms with Crippen molar-refractivity contribution in [3.8, 4) is 0 Å². The second kappa shape index (κ2) is 4.62. The normalized spacial score (nSPS) is 13.4. The molecule has 0 atom stereocenters. The summed E-state index contributed by atoms with van der Waals surface area (Å²) < 4.78 is 0. The number of benzene rings is 1. The summed E-state index contributed by atoms with van der Waals surface area (Å²) in [5.41, 5.74) is 4.01. The van der Waals surface area contributed by atoms with E-state index < -0.39 is 5.97 Å². The van der Waals surface area contributed by atoms with Gasteiger partial charge in [-0.3, -0.25) is 0 Å². The number of nitrogens with zero attached hydrogens (tertiary/aromatic N) is 1. The van der Waals surface area contributed by atoms with Gasteiger partial charge >= 0.3 is 5.97 Å². The number of carboxylic acid groups (broad SMARTS) is 1. The molecular weight excluding hydrogens is 214 g/mol. The van der Waals surface area contributed by atoms with Gasteiger partial charge in [-0.25, -0.2) is 4.79 Å². The van der Waals surface area contributed by atoms with Crippen LogP contribution in [0.1, 0.15) is 29.8 Å². The lowest BCUT2D eigenvalue weighted by Gasteiger charge is -2.17. The number of carboxylic acids is 1. The van der Waals surface area contributed by atoms with Crippen molar-refractivity contribution in [2.45, 2.75) is 20.3 Å². The molecule has 1 N–H and O–H groups in total. The van der Waals surface area contributed by atoms with Crippen LogP contribution in [0.25, 0.3) is 0 Å². The van der Waals surface area contributed by atoms with E-state index in [2.05, 4.69) is 24.8 Å². The molecule has 0 aromatic heterocycles. The molecule has 0 amide bonds. The van der Waals surface area contributed by atoms with E-state index in [0.717, 1.165) is 25.1 Å². The first kappa shape index (κ1) is 11.7. The number of rotatable bonds is 3. The molecule has 1 heterocycles. The maximum absolute atomic E-state index is 10.9. The van der Waals surface area contributed by atoms with E-state index in [0.29, 0.717) is 5.56 Å². The Kier molecular flexibility index (Phi) is 3.18. The molecule has 90 valence electrons. The minimum atomic E-state index is -0.851. The molecular formula is C14H17NO2. The van der Waals surface area contributed by atoms with Crippen molar-refractivity contribution in [2.75, 3.05) is 18.0 Å². The average Bonchev–Trinajstić information content (AvgIpc) is 2.68. The quantitative estimate of drug-likeness (QED) is 0.813. The van der Waals surface area contributed by atoms with Crippen LogP contribution in [-0.4, -0.2) is 24.2 Å². The van der Waals surface area contributed by atoms with Gasteiger partial charge in [-0.1, -0.05) is 11.6 Å². The largest absolute Gasteiger partial charge is 0.478 e. The highest BCUT2D eigenvalue weighted by molar-refractivity contribution is 5.88. The molecule has 0 bridgehead atoms. The first-order chi connectivity index (χ1) is 8.08. The molecule has 3 heteroatoms. The highest BCUT2D eigenvalue weighted by Crippen LogP contribution is 2.28. The fourth-order valence-electron chi connectivity index (χ4n) is 2.09. The van der Waals surface area contributed by atoms with Crippen molar-refractivity contribution in [2.24, 2.45) is 0 Å². The van der Waals surface area contributed by atoms with Gasteiger partial charge in [-0.2, -0.15) is 0 Å². The van der Waals surface area contributed by atoms with Gasteiger partial charge < -0.3 is 10.0 Å². The summed E-state index contributed by atoms with van der Waals surface area (Å²) in [6.45, 7) is 6.05. The molecule has 0 unspecified atom stereocenters. The van der Waals surface area contributed by atoms with Gasteiger partial charge in [0.2, 0.25) is 0 Å². The Balaban J connectivity index is 2.22. The molecule has 1 aromatic carbocycles. The van der Waals surface area contributed by atoms with E-state index in [1.807, 2.05) is 6.07 Å². The summed E-state index contributed by atoms with van der Waals surface area (Å²) in [6.07, 6.45) is 3.13. The second-order valence-electron chi connectivity index (χ2n) is 4.63. The highest BCUT2D eigenvalue weighted by atomic mass is 16.4. The predicted molar refractivity (Wildman–Crippen MR) is 68.7 cm³/mol. The molecule has 1 aromatic rings. The maximum atomic E-state index is 10.9. The Labute approximate surface area is 101 Å². The van der Waals surface area contributed by atoms with Crippen LogP contribution >= 0.6 is 0 Å². The van der Waals surface area contributed by atoms with Crippen molar-refractivity contribution in [1.82, 2.24) is 0 Å². The lowest BCUT2D eigenvalue weighted by Crippen LogP contribution is -2.20. The Morgan fingerprint density at radius 3 is 2.88 bits per heavy atom. The van der Waals surface area contributed by atoms with Gasteiger partial charge in [-0.05, 0) is 44.0 Å². The number of allylic oxidation sites excluding steroid dienone is 1. The Bertz CT molecular complexity index is 473. The van der Waals surface area contributed by atoms with Crippen LogP contribution in [-0.2, 0) is 6.42 Å². The number of aromatic carboxylic acids is 1. The van der Waals surface area contributed by atoms with Crippen LogP contribution < -0.4 is 4.90 Å². The third kappa shape index (κ3) is 2.49. The van der Waals surface area contributed by atoms with Gasteiger partial charge in [0, 0.05) is 18.8 Å². The third-order valence-corrected chi connectivity index (χ3v) is 3.04.